The summed E-state index contributed by atoms with van der Waals surface area (Å²) >= 11 is 3.65. The zero-order valence-electron chi connectivity index (χ0n) is 12.4. The van der Waals surface area contributed by atoms with Crippen molar-refractivity contribution in [1.29, 1.82) is 0 Å². The van der Waals surface area contributed by atoms with Crippen molar-refractivity contribution in [3.63, 3.8) is 0 Å². The van der Waals surface area contributed by atoms with E-state index in [9.17, 15) is 0 Å². The maximum atomic E-state index is 5.77. The number of hydrazine groups is 1. The van der Waals surface area contributed by atoms with Crippen LogP contribution in [-0.2, 0) is 0 Å². The highest BCUT2D eigenvalue weighted by Gasteiger charge is 2.16. The molecular formula is C17H21BrN2O. The maximum Gasteiger partial charge on any atom is 0.119 e. The normalized spacial score (nSPS) is 12.2. The van der Waals surface area contributed by atoms with E-state index in [1.807, 2.05) is 30.3 Å². The second kappa shape index (κ2) is 7.59. The summed E-state index contributed by atoms with van der Waals surface area (Å²) in [6.45, 7) is 4.90. The highest BCUT2D eigenvalue weighted by atomic mass is 79.9. The number of nitrogens with one attached hydrogen (secondary N) is 1. The molecule has 0 saturated heterocycles. The number of nitrogens with two attached hydrogens (primary N) is 1. The van der Waals surface area contributed by atoms with Crippen LogP contribution in [0.4, 0.5) is 0 Å². The number of hydrogen-bond acceptors (Lipinski definition) is 3. The molecule has 0 aliphatic rings. The van der Waals surface area contributed by atoms with Crippen LogP contribution in [0.1, 0.15) is 36.1 Å². The largest absolute Gasteiger partial charge is 0.494 e. The summed E-state index contributed by atoms with van der Waals surface area (Å²) in [4.78, 5) is 0. The molecule has 2 aromatic rings. The van der Waals surface area contributed by atoms with Crippen LogP contribution in [0, 0.1) is 6.92 Å². The van der Waals surface area contributed by atoms with Gasteiger partial charge in [-0.1, -0.05) is 53.2 Å². The highest BCUT2D eigenvalue weighted by molar-refractivity contribution is 9.10. The van der Waals surface area contributed by atoms with Gasteiger partial charge in [0.2, 0.25) is 0 Å². The molecule has 21 heavy (non-hydrogen) atoms. The Bertz CT molecular complexity index is 584. The number of aryl methyl sites for hydroxylation is 1. The topological polar surface area (TPSA) is 47.3 Å². The van der Waals surface area contributed by atoms with Gasteiger partial charge in [-0.3, -0.25) is 5.84 Å². The fourth-order valence-corrected chi connectivity index (χ4v) is 2.73. The average molecular weight is 349 g/mol. The van der Waals surface area contributed by atoms with Gasteiger partial charge in [0.05, 0.1) is 12.6 Å². The second-order valence-corrected chi connectivity index (χ2v) is 5.79. The van der Waals surface area contributed by atoms with Gasteiger partial charge < -0.3 is 4.74 Å². The van der Waals surface area contributed by atoms with E-state index in [4.69, 9.17) is 10.6 Å². The third-order valence-corrected chi connectivity index (χ3v) is 4.47. The van der Waals surface area contributed by atoms with Crippen molar-refractivity contribution >= 4 is 15.9 Å². The predicted molar refractivity (Wildman–Crippen MR) is 90.3 cm³/mol. The zero-order valence-corrected chi connectivity index (χ0v) is 14.0. The first-order valence-corrected chi connectivity index (χ1v) is 7.90. The van der Waals surface area contributed by atoms with Crippen molar-refractivity contribution in [2.45, 2.75) is 26.3 Å². The Labute approximate surface area is 134 Å². The van der Waals surface area contributed by atoms with Gasteiger partial charge >= 0.3 is 0 Å². The van der Waals surface area contributed by atoms with Gasteiger partial charge in [-0.2, -0.15) is 0 Å². The van der Waals surface area contributed by atoms with E-state index in [0.29, 0.717) is 0 Å². The summed E-state index contributed by atoms with van der Waals surface area (Å²) in [6.07, 6.45) is 1.00. The van der Waals surface area contributed by atoms with E-state index < -0.39 is 0 Å². The first kappa shape index (κ1) is 16.0. The van der Waals surface area contributed by atoms with E-state index in [1.165, 1.54) is 5.56 Å². The van der Waals surface area contributed by atoms with Crippen LogP contribution in [0.25, 0.3) is 0 Å². The minimum Gasteiger partial charge on any atom is -0.494 e. The van der Waals surface area contributed by atoms with Crippen molar-refractivity contribution in [3.8, 4) is 5.75 Å². The quantitative estimate of drug-likeness (QED) is 0.610. The lowest BCUT2D eigenvalue weighted by Crippen LogP contribution is -2.29. The first-order chi connectivity index (χ1) is 10.2. The SMILES string of the molecule is CCCOc1ccc(C(NN)c2cccc(C)c2Br)cc1. The molecule has 1 unspecified atom stereocenters. The minimum absolute atomic E-state index is 0.0560. The molecule has 0 spiro atoms. The average Bonchev–Trinajstić information content (AvgIpc) is 2.51. The molecule has 0 saturated carbocycles. The minimum atomic E-state index is -0.0560. The predicted octanol–water partition coefficient (Wildman–Crippen LogP) is 4.10. The van der Waals surface area contributed by atoms with Crippen LogP contribution in [0.3, 0.4) is 0 Å². The van der Waals surface area contributed by atoms with Gasteiger partial charge in [0, 0.05) is 4.47 Å². The van der Waals surface area contributed by atoms with Crippen molar-refractivity contribution in [1.82, 2.24) is 5.43 Å². The summed E-state index contributed by atoms with van der Waals surface area (Å²) in [7, 11) is 0. The number of ether oxygens (including phenoxy) is 1. The maximum absolute atomic E-state index is 5.77. The van der Waals surface area contributed by atoms with Crippen LogP contribution < -0.4 is 16.0 Å². The van der Waals surface area contributed by atoms with Crippen molar-refractivity contribution in [2.24, 2.45) is 5.84 Å². The molecule has 0 amide bonds. The molecule has 1 atom stereocenters. The van der Waals surface area contributed by atoms with E-state index in [-0.39, 0.29) is 6.04 Å². The van der Waals surface area contributed by atoms with Gasteiger partial charge in [-0.05, 0) is 42.2 Å². The molecule has 0 bridgehead atoms. The third-order valence-electron chi connectivity index (χ3n) is 3.39. The van der Waals surface area contributed by atoms with Gasteiger partial charge in [-0.15, -0.1) is 0 Å². The lowest BCUT2D eigenvalue weighted by Gasteiger charge is -2.19. The van der Waals surface area contributed by atoms with Gasteiger partial charge in [-0.25, -0.2) is 5.43 Å². The molecule has 112 valence electrons. The van der Waals surface area contributed by atoms with Crippen molar-refractivity contribution in [3.05, 3.63) is 63.6 Å². The van der Waals surface area contributed by atoms with Gasteiger partial charge in [0.25, 0.3) is 0 Å². The van der Waals surface area contributed by atoms with Crippen molar-refractivity contribution < 1.29 is 4.74 Å². The fourth-order valence-electron chi connectivity index (χ4n) is 2.24. The lowest BCUT2D eigenvalue weighted by molar-refractivity contribution is 0.317. The molecule has 0 radical (unpaired) electrons. The summed E-state index contributed by atoms with van der Waals surface area (Å²) in [6, 6.07) is 14.2. The number of hydrogen-bond donors (Lipinski definition) is 2. The summed E-state index contributed by atoms with van der Waals surface area (Å²) < 4.78 is 6.69. The summed E-state index contributed by atoms with van der Waals surface area (Å²) in [5.74, 6) is 6.66. The summed E-state index contributed by atoms with van der Waals surface area (Å²) in [5, 5.41) is 0. The Hall–Kier alpha value is -1.36. The zero-order chi connectivity index (χ0) is 15.2. The molecule has 0 aromatic heterocycles. The van der Waals surface area contributed by atoms with Crippen LogP contribution in [0.15, 0.2) is 46.9 Å². The molecule has 0 aliphatic carbocycles. The van der Waals surface area contributed by atoms with Crippen LogP contribution in [0.5, 0.6) is 5.75 Å². The Morgan fingerprint density at radius 3 is 2.52 bits per heavy atom. The smallest absolute Gasteiger partial charge is 0.119 e. The molecule has 0 aliphatic heterocycles. The third kappa shape index (κ3) is 3.84. The molecule has 3 nitrogen and oxygen atoms in total. The fraction of sp³-hybridized carbons (Fsp3) is 0.294. The number of rotatable bonds is 6. The van der Waals surface area contributed by atoms with Crippen LogP contribution in [0.2, 0.25) is 0 Å². The van der Waals surface area contributed by atoms with Gasteiger partial charge in [0.1, 0.15) is 5.75 Å². The number of halogens is 1. The van der Waals surface area contributed by atoms with Crippen LogP contribution >= 0.6 is 15.9 Å². The first-order valence-electron chi connectivity index (χ1n) is 7.11. The Morgan fingerprint density at radius 2 is 1.90 bits per heavy atom. The molecule has 2 aromatic carbocycles. The van der Waals surface area contributed by atoms with Crippen LogP contribution in [-0.4, -0.2) is 6.61 Å². The lowest BCUT2D eigenvalue weighted by atomic mass is 9.98. The Balaban J connectivity index is 2.27. The molecule has 2 rings (SSSR count). The Morgan fingerprint density at radius 1 is 1.19 bits per heavy atom. The summed E-state index contributed by atoms with van der Waals surface area (Å²) in [5.41, 5.74) is 6.31. The number of benzene rings is 2. The van der Waals surface area contributed by atoms with E-state index >= 15 is 0 Å². The molecule has 4 heteroatoms. The molecular weight excluding hydrogens is 328 g/mol. The second-order valence-electron chi connectivity index (χ2n) is 5.00. The Kier molecular flexibility index (Phi) is 5.79. The highest BCUT2D eigenvalue weighted by Crippen LogP contribution is 2.31. The van der Waals surface area contributed by atoms with E-state index in [0.717, 1.165) is 34.4 Å². The monoisotopic (exact) mass is 348 g/mol. The van der Waals surface area contributed by atoms with E-state index in [1.54, 1.807) is 0 Å². The molecule has 0 heterocycles. The van der Waals surface area contributed by atoms with Gasteiger partial charge in [0.15, 0.2) is 0 Å². The van der Waals surface area contributed by atoms with Crippen molar-refractivity contribution in [2.75, 3.05) is 6.61 Å². The molecule has 0 fully saturated rings. The standard InChI is InChI=1S/C17H21BrN2O/c1-3-11-21-14-9-7-13(8-10-14)17(20-19)15-6-4-5-12(2)16(15)18/h4-10,17,20H,3,11,19H2,1-2H3. The van der Waals surface area contributed by atoms with E-state index in [2.05, 4.69) is 47.3 Å². The molecule has 3 N–H and O–H groups in total.